The van der Waals surface area contributed by atoms with Gasteiger partial charge in [0, 0.05) is 0 Å². The number of nitrogens with zero attached hydrogens (tertiary/aromatic N) is 4. The smallest absolute Gasteiger partial charge is 0.151 e. The number of hydrogen-bond acceptors (Lipinski definition) is 4. The third-order valence-electron chi connectivity index (χ3n) is 0.368. The molecule has 0 fully saturated rings. The van der Waals surface area contributed by atoms with Gasteiger partial charge in [0.2, 0.25) is 0 Å². The van der Waals surface area contributed by atoms with Gasteiger partial charge in [-0.3, -0.25) is 0 Å². The van der Waals surface area contributed by atoms with Crippen LogP contribution in [0.5, 0.6) is 0 Å². The number of nitrogens with two attached hydrogens (primary N) is 1. The molecular weight excluding hydrogens is 146 g/mol. The molecule has 9 heteroatoms. The van der Waals surface area contributed by atoms with E-state index in [0.717, 1.165) is 0 Å². The van der Waals surface area contributed by atoms with E-state index >= 15 is 0 Å². The molecule has 0 radical (unpaired) electrons. The van der Waals surface area contributed by atoms with Gasteiger partial charge in [-0.05, 0) is 0 Å². The topological polar surface area (TPSA) is 139 Å². The quantitative estimate of drug-likeness (QED) is 0.233. The molecule has 0 spiro atoms. The molecule has 0 atom stereocenters. The molecule has 9 nitrogen and oxygen atoms in total. The first-order valence-electron chi connectivity index (χ1n) is 1.87. The first-order chi connectivity index (χ1) is 4.52. The fourth-order valence-electron chi connectivity index (χ4n) is 0.187. The summed E-state index contributed by atoms with van der Waals surface area (Å²) in [5, 5.41) is 18.9. The Hall–Kier alpha value is -1.93. The van der Waals surface area contributed by atoms with E-state index in [9.17, 15) is 20.2 Å². The van der Waals surface area contributed by atoms with E-state index in [1.165, 1.54) is 0 Å². The van der Waals surface area contributed by atoms with E-state index in [4.69, 9.17) is 0 Å². The van der Waals surface area contributed by atoms with E-state index in [1.54, 1.807) is 0 Å². The van der Waals surface area contributed by atoms with Crippen LogP contribution in [0.3, 0.4) is 0 Å². The lowest BCUT2D eigenvalue weighted by molar-refractivity contribution is -0.486. The highest BCUT2D eigenvalue weighted by atomic mass is 16.7. The number of nitro groups is 2. The molecule has 0 rings (SSSR count). The standard InChI is InChI=1S/CH2N5O4/c2-1(3-5(7)8)4-6(9)10/h(H2-,2,3,4)/q-1. The number of hydrazone groups is 1. The van der Waals surface area contributed by atoms with Gasteiger partial charge in [-0.1, -0.05) is 10.5 Å². The highest BCUT2D eigenvalue weighted by Gasteiger charge is 1.94. The molecule has 0 saturated carbocycles. The van der Waals surface area contributed by atoms with Crippen molar-refractivity contribution in [2.45, 2.75) is 0 Å². The van der Waals surface area contributed by atoms with Gasteiger partial charge in [0.1, 0.15) is 10.1 Å². The lowest BCUT2D eigenvalue weighted by Crippen LogP contribution is -2.15. The average molecular weight is 148 g/mol. The van der Waals surface area contributed by atoms with Gasteiger partial charge >= 0.3 is 0 Å². The van der Waals surface area contributed by atoms with Crippen molar-refractivity contribution in [3.63, 3.8) is 0 Å². The Bertz CT molecular complexity index is 184. The van der Waals surface area contributed by atoms with Crippen molar-refractivity contribution in [1.29, 1.82) is 0 Å². The maximum atomic E-state index is 9.45. The highest BCUT2D eigenvalue weighted by molar-refractivity contribution is 5.87. The molecule has 0 unspecified atom stereocenters. The zero-order valence-corrected chi connectivity index (χ0v) is 4.50. The highest BCUT2D eigenvalue weighted by Crippen LogP contribution is 1.85. The molecule has 0 bridgehead atoms. The molecule has 0 aliphatic rings. The van der Waals surface area contributed by atoms with E-state index < -0.39 is 16.0 Å². The molecule has 10 heavy (non-hydrogen) atoms. The van der Waals surface area contributed by atoms with Crippen LogP contribution in [0.25, 0.3) is 5.43 Å². The van der Waals surface area contributed by atoms with Crippen LogP contribution >= 0.6 is 0 Å². The molecule has 0 aromatic heterocycles. The number of guanidine groups is 1. The van der Waals surface area contributed by atoms with Crippen LogP contribution in [0.2, 0.25) is 0 Å². The summed E-state index contributed by atoms with van der Waals surface area (Å²) in [5.41, 5.74) is 6.90. The van der Waals surface area contributed by atoms with Crippen LogP contribution in [0.1, 0.15) is 0 Å². The van der Waals surface area contributed by atoms with Gasteiger partial charge < -0.3 is 5.73 Å². The first kappa shape index (κ1) is 8.07. The van der Waals surface area contributed by atoms with Crippen LogP contribution < -0.4 is 5.73 Å². The second-order valence-corrected chi connectivity index (χ2v) is 1.03. The SMILES string of the molecule is NC(=N[N+](=O)[O-])[N-][N+](=O)[O-]. The van der Waals surface area contributed by atoms with Crippen LogP contribution in [0.4, 0.5) is 0 Å². The Balaban J connectivity index is 3.95. The number of rotatable bonds is 2. The summed E-state index contributed by atoms with van der Waals surface area (Å²) in [6.45, 7) is 0. The van der Waals surface area contributed by atoms with E-state index in [0.29, 0.717) is 0 Å². The van der Waals surface area contributed by atoms with Crippen LogP contribution in [-0.2, 0) is 0 Å². The third kappa shape index (κ3) is 4.23. The largest absolute Gasteiger partial charge is 0.444 e. The normalized spacial score (nSPS) is 10.6. The van der Waals surface area contributed by atoms with Crippen molar-refractivity contribution in [3.8, 4) is 0 Å². The summed E-state index contributed by atoms with van der Waals surface area (Å²) in [5.74, 6) is -0.991. The lowest BCUT2D eigenvalue weighted by Gasteiger charge is -1.94. The Morgan fingerprint density at radius 3 is 2.30 bits per heavy atom. The van der Waals surface area contributed by atoms with Crippen molar-refractivity contribution >= 4 is 5.96 Å². The second kappa shape index (κ2) is 3.17. The van der Waals surface area contributed by atoms with Gasteiger partial charge in [-0.15, -0.1) is 0 Å². The van der Waals surface area contributed by atoms with Crippen LogP contribution in [-0.4, -0.2) is 16.0 Å². The van der Waals surface area contributed by atoms with Gasteiger partial charge in [-0.2, -0.15) is 0 Å². The fourth-order valence-corrected chi connectivity index (χ4v) is 0.187. The van der Waals surface area contributed by atoms with Crippen LogP contribution in [0.15, 0.2) is 5.10 Å². The fraction of sp³-hybridized carbons (Fsp3) is 0. The molecule has 0 saturated heterocycles. The molecular formula is CH2N5O4-. The monoisotopic (exact) mass is 148 g/mol. The third-order valence-corrected chi connectivity index (χ3v) is 0.368. The van der Waals surface area contributed by atoms with Crippen molar-refractivity contribution < 1.29 is 10.1 Å². The zero-order valence-electron chi connectivity index (χ0n) is 4.50. The molecule has 0 heterocycles. The Kier molecular flexibility index (Phi) is 2.56. The average Bonchev–Trinajstić information content (AvgIpc) is 1.58. The minimum absolute atomic E-state index is 0.991. The van der Waals surface area contributed by atoms with Gasteiger partial charge in [0.25, 0.3) is 0 Å². The predicted molar refractivity (Wildman–Crippen MR) is 29.0 cm³/mol. The first-order valence-corrected chi connectivity index (χ1v) is 1.87. The maximum absolute atomic E-state index is 9.45. The Labute approximate surface area is 53.8 Å². The maximum Gasteiger partial charge on any atom is 0.151 e. The van der Waals surface area contributed by atoms with Crippen molar-refractivity contribution in [1.82, 2.24) is 0 Å². The van der Waals surface area contributed by atoms with E-state index in [1.807, 2.05) is 0 Å². The summed E-state index contributed by atoms with van der Waals surface area (Å²) in [7, 11) is 0. The predicted octanol–water partition coefficient (Wildman–Crippen LogP) is -0.942. The van der Waals surface area contributed by atoms with E-state index in [-0.39, 0.29) is 0 Å². The Morgan fingerprint density at radius 1 is 1.50 bits per heavy atom. The molecule has 0 aliphatic heterocycles. The van der Waals surface area contributed by atoms with Crippen molar-refractivity contribution in [3.05, 3.63) is 25.7 Å². The van der Waals surface area contributed by atoms with Gasteiger partial charge in [-0.25, -0.2) is 20.2 Å². The molecule has 2 N–H and O–H groups in total. The van der Waals surface area contributed by atoms with Gasteiger partial charge in [0.05, 0.1) is 0 Å². The molecule has 56 valence electrons. The minimum atomic E-state index is -1.18. The van der Waals surface area contributed by atoms with Crippen molar-refractivity contribution in [2.75, 3.05) is 0 Å². The minimum Gasteiger partial charge on any atom is -0.444 e. The Morgan fingerprint density at radius 2 is 2.00 bits per heavy atom. The summed E-state index contributed by atoms with van der Waals surface area (Å²) >= 11 is 0. The second-order valence-electron chi connectivity index (χ2n) is 1.03. The molecule has 0 aromatic rings. The summed E-state index contributed by atoms with van der Waals surface area (Å²) < 4.78 is 0. The van der Waals surface area contributed by atoms with Crippen molar-refractivity contribution in [2.24, 2.45) is 10.8 Å². The zero-order chi connectivity index (χ0) is 8.15. The summed E-state index contributed by atoms with van der Waals surface area (Å²) in [4.78, 5) is 18.9. The molecule has 0 aliphatic carbocycles. The summed E-state index contributed by atoms with van der Waals surface area (Å²) in [6.07, 6.45) is 0. The van der Waals surface area contributed by atoms with E-state index in [2.05, 4.69) is 16.3 Å². The van der Waals surface area contributed by atoms with Crippen LogP contribution in [0, 0.1) is 20.2 Å². The molecule has 0 amide bonds. The summed E-state index contributed by atoms with van der Waals surface area (Å²) in [6, 6.07) is 0. The molecule has 0 aromatic carbocycles. The lowest BCUT2D eigenvalue weighted by atomic mass is 11.1. The van der Waals surface area contributed by atoms with Gasteiger partial charge in [0.15, 0.2) is 5.96 Å². The number of hydrogen-bond donors (Lipinski definition) is 1.